The molecule has 0 aliphatic carbocycles. The third-order valence-corrected chi connectivity index (χ3v) is 3.41. The third kappa shape index (κ3) is 3.82. The Hall–Kier alpha value is -1.37. The Morgan fingerprint density at radius 2 is 2.05 bits per heavy atom. The van der Waals surface area contributed by atoms with E-state index in [1.807, 2.05) is 6.92 Å². The normalized spacial score (nSPS) is 10.4. The molecule has 0 aromatic heterocycles. The minimum Gasteiger partial charge on any atom is -0.395 e. The maximum atomic E-state index is 12.3. The number of carbonyl (C=O) groups is 1. The van der Waals surface area contributed by atoms with Crippen LogP contribution < -0.4 is 0 Å². The summed E-state index contributed by atoms with van der Waals surface area (Å²) in [5.41, 5.74) is -0.337. The minimum absolute atomic E-state index is 0.0266. The second kappa shape index (κ2) is 7.42. The molecule has 0 fully saturated rings. The van der Waals surface area contributed by atoms with Crippen molar-refractivity contribution in [2.75, 3.05) is 19.7 Å². The van der Waals surface area contributed by atoms with Gasteiger partial charge >= 0.3 is 0 Å². The minimum atomic E-state index is -0.644. The SMILES string of the molecule is CCCN(CCO)C(=O)c1cc([N+](=O)[O-])cc(Cl)c1Cl. The molecule has 1 aromatic rings. The summed E-state index contributed by atoms with van der Waals surface area (Å²) >= 11 is 11.8. The molecule has 0 radical (unpaired) electrons. The standard InChI is InChI=1S/C12H14Cl2N2O4/c1-2-3-15(4-5-17)12(18)9-6-8(16(19)20)7-10(13)11(9)14/h6-7,17H,2-5H2,1H3. The molecule has 0 spiro atoms. The first kappa shape index (κ1) is 16.7. The fourth-order valence-corrected chi connectivity index (χ4v) is 2.12. The van der Waals surface area contributed by atoms with Gasteiger partial charge in [0.15, 0.2) is 0 Å². The lowest BCUT2D eigenvalue weighted by Crippen LogP contribution is -2.34. The van der Waals surface area contributed by atoms with Crippen LogP contribution in [0, 0.1) is 10.1 Å². The van der Waals surface area contributed by atoms with Gasteiger partial charge in [-0.2, -0.15) is 0 Å². The fraction of sp³-hybridized carbons (Fsp3) is 0.417. The van der Waals surface area contributed by atoms with Crippen molar-refractivity contribution in [1.82, 2.24) is 4.90 Å². The lowest BCUT2D eigenvalue weighted by Gasteiger charge is -2.21. The first-order chi connectivity index (χ1) is 9.42. The summed E-state index contributed by atoms with van der Waals surface area (Å²) in [4.78, 5) is 23.9. The number of benzene rings is 1. The average Bonchev–Trinajstić information content (AvgIpc) is 2.40. The van der Waals surface area contributed by atoms with E-state index in [-0.39, 0.29) is 34.4 Å². The molecular weight excluding hydrogens is 307 g/mol. The summed E-state index contributed by atoms with van der Waals surface area (Å²) in [6, 6.07) is 2.19. The van der Waals surface area contributed by atoms with Crippen LogP contribution in [0.5, 0.6) is 0 Å². The summed E-state index contributed by atoms with van der Waals surface area (Å²) < 4.78 is 0. The summed E-state index contributed by atoms with van der Waals surface area (Å²) in [5.74, 6) is -0.489. The molecule has 0 aliphatic heterocycles. The van der Waals surface area contributed by atoms with Gasteiger partial charge in [-0.15, -0.1) is 0 Å². The van der Waals surface area contributed by atoms with Crippen molar-refractivity contribution < 1.29 is 14.8 Å². The monoisotopic (exact) mass is 320 g/mol. The molecule has 1 amide bonds. The zero-order chi connectivity index (χ0) is 15.3. The highest BCUT2D eigenvalue weighted by molar-refractivity contribution is 6.44. The van der Waals surface area contributed by atoms with Gasteiger partial charge in [-0.3, -0.25) is 14.9 Å². The fourth-order valence-electron chi connectivity index (χ4n) is 1.71. The summed E-state index contributed by atoms with van der Waals surface area (Å²) in [7, 11) is 0. The molecule has 1 rings (SSSR count). The number of rotatable bonds is 6. The molecule has 0 atom stereocenters. The number of hydrogen-bond donors (Lipinski definition) is 1. The molecule has 1 aromatic carbocycles. The van der Waals surface area contributed by atoms with E-state index in [1.165, 1.54) is 4.90 Å². The Bertz CT molecular complexity index is 516. The smallest absolute Gasteiger partial charge is 0.271 e. The van der Waals surface area contributed by atoms with Gasteiger partial charge < -0.3 is 10.0 Å². The quantitative estimate of drug-likeness (QED) is 0.645. The topological polar surface area (TPSA) is 83.7 Å². The van der Waals surface area contributed by atoms with E-state index >= 15 is 0 Å². The van der Waals surface area contributed by atoms with Crippen LogP contribution in [-0.4, -0.2) is 40.5 Å². The van der Waals surface area contributed by atoms with Gasteiger partial charge in [-0.25, -0.2) is 0 Å². The number of amides is 1. The van der Waals surface area contributed by atoms with Gasteiger partial charge in [-0.1, -0.05) is 30.1 Å². The van der Waals surface area contributed by atoms with Crippen molar-refractivity contribution in [3.05, 3.63) is 37.9 Å². The molecule has 6 nitrogen and oxygen atoms in total. The Morgan fingerprint density at radius 1 is 1.40 bits per heavy atom. The summed E-state index contributed by atoms with van der Waals surface area (Å²) in [6.07, 6.45) is 0.687. The Balaban J connectivity index is 3.22. The number of carbonyl (C=O) groups excluding carboxylic acids is 1. The van der Waals surface area contributed by atoms with Crippen LogP contribution in [-0.2, 0) is 0 Å². The first-order valence-corrected chi connectivity index (χ1v) is 6.71. The molecule has 0 saturated carbocycles. The molecule has 0 heterocycles. The number of nitrogens with zero attached hydrogens (tertiary/aromatic N) is 2. The molecule has 0 unspecified atom stereocenters. The molecule has 0 bridgehead atoms. The number of nitro benzene ring substituents is 1. The van der Waals surface area contributed by atoms with Gasteiger partial charge in [0.2, 0.25) is 0 Å². The maximum absolute atomic E-state index is 12.3. The molecule has 0 saturated heterocycles. The van der Waals surface area contributed by atoms with Gasteiger partial charge in [0.05, 0.1) is 27.1 Å². The van der Waals surface area contributed by atoms with Crippen LogP contribution >= 0.6 is 23.2 Å². The van der Waals surface area contributed by atoms with Gasteiger partial charge in [0, 0.05) is 25.2 Å². The van der Waals surface area contributed by atoms with Gasteiger partial charge in [0.1, 0.15) is 0 Å². The summed E-state index contributed by atoms with van der Waals surface area (Å²) in [5, 5.41) is 19.7. The second-order valence-electron chi connectivity index (χ2n) is 4.06. The molecule has 20 heavy (non-hydrogen) atoms. The molecule has 1 N–H and O–H groups in total. The third-order valence-electron chi connectivity index (χ3n) is 2.60. The largest absolute Gasteiger partial charge is 0.395 e. The van der Waals surface area contributed by atoms with E-state index in [0.717, 1.165) is 12.1 Å². The molecule has 110 valence electrons. The predicted molar refractivity (Wildman–Crippen MR) is 76.4 cm³/mol. The van der Waals surface area contributed by atoms with Crippen LogP contribution in [0.2, 0.25) is 10.0 Å². The molecular formula is C12H14Cl2N2O4. The number of nitro groups is 1. The first-order valence-electron chi connectivity index (χ1n) is 5.95. The Labute approximate surface area is 126 Å². The van der Waals surface area contributed by atoms with Crippen LogP contribution in [0.4, 0.5) is 5.69 Å². The lowest BCUT2D eigenvalue weighted by atomic mass is 10.1. The zero-order valence-corrected chi connectivity index (χ0v) is 12.3. The highest BCUT2D eigenvalue weighted by atomic mass is 35.5. The van der Waals surface area contributed by atoms with E-state index in [9.17, 15) is 14.9 Å². The highest BCUT2D eigenvalue weighted by Crippen LogP contribution is 2.31. The van der Waals surface area contributed by atoms with Gasteiger partial charge in [-0.05, 0) is 6.42 Å². The predicted octanol–water partition coefficient (Wildman–Crippen LogP) is 2.75. The van der Waals surface area contributed by atoms with Crippen molar-refractivity contribution in [2.24, 2.45) is 0 Å². The number of non-ortho nitro benzene ring substituents is 1. The van der Waals surface area contributed by atoms with E-state index < -0.39 is 10.8 Å². The lowest BCUT2D eigenvalue weighted by molar-refractivity contribution is -0.384. The van der Waals surface area contributed by atoms with Crippen molar-refractivity contribution in [3.63, 3.8) is 0 Å². The van der Waals surface area contributed by atoms with Crippen molar-refractivity contribution in [3.8, 4) is 0 Å². The molecule has 8 heteroatoms. The second-order valence-corrected chi connectivity index (χ2v) is 4.85. The van der Waals surface area contributed by atoms with Crippen LogP contribution in [0.1, 0.15) is 23.7 Å². The van der Waals surface area contributed by atoms with Crippen molar-refractivity contribution >= 4 is 34.8 Å². The maximum Gasteiger partial charge on any atom is 0.271 e. The Kier molecular flexibility index (Phi) is 6.19. The number of aliphatic hydroxyl groups is 1. The van der Waals surface area contributed by atoms with Gasteiger partial charge in [0.25, 0.3) is 11.6 Å². The number of halogens is 2. The van der Waals surface area contributed by atoms with Crippen LogP contribution in [0.15, 0.2) is 12.1 Å². The van der Waals surface area contributed by atoms with Crippen LogP contribution in [0.3, 0.4) is 0 Å². The number of aliphatic hydroxyl groups excluding tert-OH is 1. The van der Waals surface area contributed by atoms with E-state index in [0.29, 0.717) is 13.0 Å². The number of hydrogen-bond acceptors (Lipinski definition) is 4. The van der Waals surface area contributed by atoms with E-state index in [2.05, 4.69) is 0 Å². The highest BCUT2D eigenvalue weighted by Gasteiger charge is 2.23. The molecule has 0 aliphatic rings. The van der Waals surface area contributed by atoms with Crippen molar-refractivity contribution in [1.29, 1.82) is 0 Å². The zero-order valence-electron chi connectivity index (χ0n) is 10.8. The van der Waals surface area contributed by atoms with E-state index in [1.54, 1.807) is 0 Å². The van der Waals surface area contributed by atoms with Crippen molar-refractivity contribution in [2.45, 2.75) is 13.3 Å². The summed E-state index contributed by atoms with van der Waals surface area (Å²) in [6.45, 7) is 2.21. The van der Waals surface area contributed by atoms with E-state index in [4.69, 9.17) is 28.3 Å². The average molecular weight is 321 g/mol. The Morgan fingerprint density at radius 3 is 2.55 bits per heavy atom. The van der Waals surface area contributed by atoms with Crippen LogP contribution in [0.25, 0.3) is 0 Å².